The molecule has 0 amide bonds. The monoisotopic (exact) mass is 486 g/mol. The highest BCUT2D eigenvalue weighted by atomic mass is 19.1. The molecule has 4 aliphatic rings. The maximum Gasteiger partial charge on any atom is 0.165 e. The fourth-order valence-electron chi connectivity index (χ4n) is 5.71. The summed E-state index contributed by atoms with van der Waals surface area (Å²) in [6.45, 7) is 2.22. The second kappa shape index (κ2) is 8.16. The molecule has 4 aromatic rings. The van der Waals surface area contributed by atoms with Crippen molar-refractivity contribution in [2.45, 2.75) is 43.8 Å². The third-order valence-electron chi connectivity index (χ3n) is 7.86. The number of H-pyrrole nitrogens is 1. The van der Waals surface area contributed by atoms with Gasteiger partial charge < -0.3 is 19.7 Å². The van der Waals surface area contributed by atoms with Gasteiger partial charge in [-0.05, 0) is 49.4 Å². The van der Waals surface area contributed by atoms with Crippen molar-refractivity contribution in [2.24, 2.45) is 0 Å². The van der Waals surface area contributed by atoms with E-state index >= 15 is 0 Å². The average Bonchev–Trinajstić information content (AvgIpc) is 3.67. The number of halogens is 1. The summed E-state index contributed by atoms with van der Waals surface area (Å²) in [6, 6.07) is 9.76. The number of phenolic OH excluding ortho intramolecular Hbond substituents is 1. The van der Waals surface area contributed by atoms with Crippen LogP contribution in [-0.2, 0) is 6.54 Å². The number of ether oxygens (including phenoxy) is 1. The van der Waals surface area contributed by atoms with Crippen molar-refractivity contribution in [3.63, 3.8) is 0 Å². The molecule has 2 N–H and O–H groups in total. The third-order valence-corrected chi connectivity index (χ3v) is 7.86. The average molecular weight is 487 g/mol. The van der Waals surface area contributed by atoms with Gasteiger partial charge in [0.2, 0.25) is 0 Å². The van der Waals surface area contributed by atoms with Gasteiger partial charge in [-0.2, -0.15) is 0 Å². The van der Waals surface area contributed by atoms with Crippen molar-refractivity contribution in [3.8, 4) is 22.8 Å². The molecule has 3 saturated heterocycles. The van der Waals surface area contributed by atoms with E-state index < -0.39 is 5.82 Å². The quantitative estimate of drug-likeness (QED) is 0.422. The molecule has 1 saturated carbocycles. The number of aromatic amines is 1. The van der Waals surface area contributed by atoms with Crippen LogP contribution in [0, 0.1) is 5.82 Å². The maximum atomic E-state index is 14.2. The molecule has 3 aromatic heterocycles. The number of phenols is 1. The minimum Gasteiger partial charge on any atom is -0.507 e. The molecule has 3 aliphatic heterocycles. The van der Waals surface area contributed by atoms with Crippen molar-refractivity contribution in [1.82, 2.24) is 24.8 Å². The van der Waals surface area contributed by atoms with Gasteiger partial charge in [-0.3, -0.25) is 4.90 Å². The largest absolute Gasteiger partial charge is 0.507 e. The van der Waals surface area contributed by atoms with E-state index in [1.807, 2.05) is 6.20 Å². The Morgan fingerprint density at radius 3 is 2.67 bits per heavy atom. The highest BCUT2D eigenvalue weighted by molar-refractivity contribution is 5.91. The number of nitrogens with zero attached hydrogens (tertiary/aromatic N) is 5. The number of piperazine rings is 1. The Hall–Kier alpha value is -3.72. The lowest BCUT2D eigenvalue weighted by atomic mass is 9.86. The molecular formula is C27H27FN6O2. The van der Waals surface area contributed by atoms with Crippen LogP contribution >= 0.6 is 0 Å². The number of nitrogens with one attached hydrogen (secondary N) is 1. The highest BCUT2D eigenvalue weighted by Gasteiger charge is 2.45. The predicted molar refractivity (Wildman–Crippen MR) is 134 cm³/mol. The van der Waals surface area contributed by atoms with E-state index in [0.717, 1.165) is 47.6 Å². The fourth-order valence-corrected chi connectivity index (χ4v) is 5.71. The molecule has 1 aromatic carbocycles. The first-order valence-corrected chi connectivity index (χ1v) is 12.4. The molecule has 0 radical (unpaired) electrons. The number of benzene rings is 1. The zero-order valence-electron chi connectivity index (χ0n) is 20.0. The van der Waals surface area contributed by atoms with Crippen LogP contribution < -0.4 is 9.64 Å². The summed E-state index contributed by atoms with van der Waals surface area (Å²) in [6.07, 6.45) is 7.08. The van der Waals surface area contributed by atoms with Crippen molar-refractivity contribution >= 4 is 16.9 Å². The molecule has 8 nitrogen and oxygen atoms in total. The Kier molecular flexibility index (Phi) is 4.89. The van der Waals surface area contributed by atoms with Gasteiger partial charge in [0.25, 0.3) is 0 Å². The van der Waals surface area contributed by atoms with Gasteiger partial charge in [-0.1, -0.05) is 0 Å². The van der Waals surface area contributed by atoms with Crippen LogP contribution in [0.15, 0.2) is 42.9 Å². The van der Waals surface area contributed by atoms with E-state index in [2.05, 4.69) is 43.0 Å². The zero-order valence-corrected chi connectivity index (χ0v) is 20.0. The van der Waals surface area contributed by atoms with E-state index in [9.17, 15) is 9.50 Å². The Labute approximate surface area is 207 Å². The number of hydrogen-bond acceptors (Lipinski definition) is 7. The number of hydrogen-bond donors (Lipinski definition) is 2. The van der Waals surface area contributed by atoms with Gasteiger partial charge in [-0.15, -0.1) is 0 Å². The summed E-state index contributed by atoms with van der Waals surface area (Å²) in [5.41, 5.74) is 4.60. The number of fused-ring (bicyclic) bond motifs is 3. The Bertz CT molecular complexity index is 1440. The smallest absolute Gasteiger partial charge is 0.165 e. The molecule has 2 atom stereocenters. The van der Waals surface area contributed by atoms with Crippen molar-refractivity contribution in [3.05, 3.63) is 59.9 Å². The molecular weight excluding hydrogens is 459 g/mol. The molecule has 9 heteroatoms. The first-order valence-electron chi connectivity index (χ1n) is 12.4. The van der Waals surface area contributed by atoms with Crippen molar-refractivity contribution < 1.29 is 14.2 Å². The number of anilines is 1. The van der Waals surface area contributed by atoms with Gasteiger partial charge in [0.15, 0.2) is 11.6 Å². The second-order valence-corrected chi connectivity index (χ2v) is 10.1. The number of pyridine rings is 1. The van der Waals surface area contributed by atoms with E-state index in [1.165, 1.54) is 37.8 Å². The summed E-state index contributed by atoms with van der Waals surface area (Å²) in [5, 5.41) is 11.4. The van der Waals surface area contributed by atoms with Gasteiger partial charge in [0.05, 0.1) is 12.8 Å². The molecule has 184 valence electrons. The van der Waals surface area contributed by atoms with Crippen LogP contribution in [0.2, 0.25) is 0 Å². The number of methoxy groups -OCH3 is 1. The summed E-state index contributed by atoms with van der Waals surface area (Å²) >= 11 is 0. The van der Waals surface area contributed by atoms with Crippen LogP contribution in [0.4, 0.5) is 10.2 Å². The maximum absolute atomic E-state index is 14.2. The Morgan fingerprint density at radius 1 is 1.11 bits per heavy atom. The predicted octanol–water partition coefficient (Wildman–Crippen LogP) is 4.21. The summed E-state index contributed by atoms with van der Waals surface area (Å²) in [7, 11) is 1.39. The second-order valence-electron chi connectivity index (χ2n) is 10.1. The number of rotatable bonds is 6. The van der Waals surface area contributed by atoms with Crippen molar-refractivity contribution in [2.75, 3.05) is 25.1 Å². The minimum atomic E-state index is -0.453. The molecule has 6 heterocycles. The van der Waals surface area contributed by atoms with Gasteiger partial charge >= 0.3 is 0 Å². The van der Waals surface area contributed by atoms with Gasteiger partial charge in [0, 0.05) is 66.2 Å². The number of piperidine rings is 1. The molecule has 4 fully saturated rings. The van der Waals surface area contributed by atoms with Crippen molar-refractivity contribution in [1.29, 1.82) is 0 Å². The lowest BCUT2D eigenvalue weighted by Crippen LogP contribution is -2.68. The fraction of sp³-hybridized carbons (Fsp3) is 0.370. The SMILES string of the molecule is COc1cc(O)c(CN2C3CC2CN(c2ccc(-c4ncnc5[nH]c(C6CC6)cc45)cn2)C3)cc1F. The lowest BCUT2D eigenvalue weighted by molar-refractivity contribution is -0.00923. The van der Waals surface area contributed by atoms with E-state index in [1.54, 1.807) is 6.33 Å². The van der Waals surface area contributed by atoms with Crippen LogP contribution in [0.1, 0.15) is 36.4 Å². The van der Waals surface area contributed by atoms with E-state index in [0.29, 0.717) is 30.1 Å². The van der Waals surface area contributed by atoms with Crippen LogP contribution in [-0.4, -0.2) is 62.2 Å². The van der Waals surface area contributed by atoms with Gasteiger partial charge in [-0.25, -0.2) is 19.3 Å². The minimum absolute atomic E-state index is 0.0586. The first-order chi connectivity index (χ1) is 17.6. The first kappa shape index (κ1) is 21.6. The van der Waals surface area contributed by atoms with Crippen LogP contribution in [0.3, 0.4) is 0 Å². The molecule has 0 spiro atoms. The topological polar surface area (TPSA) is 90.4 Å². The Balaban J connectivity index is 1.06. The van der Waals surface area contributed by atoms with E-state index in [4.69, 9.17) is 9.72 Å². The zero-order chi connectivity index (χ0) is 24.4. The molecule has 36 heavy (non-hydrogen) atoms. The van der Waals surface area contributed by atoms with Gasteiger partial charge in [0.1, 0.15) is 23.5 Å². The standard InChI is InChI=1S/C27H27FN6O2/c1-36-24-9-23(35)17(6-21(24)28)11-34-18-7-19(34)13-33(12-18)25-5-4-16(10-29-25)26-20-8-22(15-2-3-15)32-27(20)31-14-30-26/h4-6,8-10,14-15,18-19,35H,2-3,7,11-13H2,1H3,(H,30,31,32). The lowest BCUT2D eigenvalue weighted by Gasteiger charge is -2.56. The number of aromatic nitrogens is 4. The highest BCUT2D eigenvalue weighted by Crippen LogP contribution is 2.41. The Morgan fingerprint density at radius 2 is 1.94 bits per heavy atom. The number of aromatic hydroxyl groups is 1. The normalized spacial score (nSPS) is 21.6. The summed E-state index contributed by atoms with van der Waals surface area (Å²) in [5.74, 6) is 1.25. The molecule has 8 rings (SSSR count). The van der Waals surface area contributed by atoms with E-state index in [-0.39, 0.29) is 11.5 Å². The molecule has 2 bridgehead atoms. The summed E-state index contributed by atoms with van der Waals surface area (Å²) < 4.78 is 19.1. The molecule has 1 aliphatic carbocycles. The van der Waals surface area contributed by atoms with Crippen LogP contribution in [0.5, 0.6) is 11.5 Å². The third kappa shape index (κ3) is 3.57. The van der Waals surface area contributed by atoms with Crippen LogP contribution in [0.25, 0.3) is 22.3 Å². The molecule has 2 unspecified atom stereocenters. The summed E-state index contributed by atoms with van der Waals surface area (Å²) in [4.78, 5) is 21.9.